The molecule has 20 heavy (non-hydrogen) atoms. The fraction of sp³-hybridized carbons (Fsp3) is 0.714. The Morgan fingerprint density at radius 1 is 1.50 bits per heavy atom. The molecule has 6 heteroatoms. The lowest BCUT2D eigenvalue weighted by atomic mass is 9.94. The van der Waals surface area contributed by atoms with Gasteiger partial charge in [-0.25, -0.2) is 0 Å². The highest BCUT2D eigenvalue weighted by Gasteiger charge is 2.43. The van der Waals surface area contributed by atoms with Gasteiger partial charge >= 0.3 is 0 Å². The number of ether oxygens (including phenoxy) is 1. The number of nitrogens with zero attached hydrogens (tertiary/aromatic N) is 3. The van der Waals surface area contributed by atoms with Crippen molar-refractivity contribution in [2.75, 3.05) is 27.7 Å². The van der Waals surface area contributed by atoms with Crippen LogP contribution in [-0.2, 0) is 11.3 Å². The largest absolute Gasteiger partial charge is 0.370 e. The molecule has 0 radical (unpaired) electrons. The van der Waals surface area contributed by atoms with Crippen molar-refractivity contribution in [3.05, 3.63) is 16.9 Å². The average molecular weight is 300 g/mol. The van der Waals surface area contributed by atoms with E-state index in [1.54, 1.807) is 18.0 Å². The van der Waals surface area contributed by atoms with Crippen molar-refractivity contribution in [1.82, 2.24) is 14.7 Å². The van der Waals surface area contributed by atoms with Gasteiger partial charge in [0.2, 0.25) is 5.78 Å². The summed E-state index contributed by atoms with van der Waals surface area (Å²) in [6.45, 7) is 1.44. The van der Waals surface area contributed by atoms with E-state index in [4.69, 9.17) is 16.3 Å². The maximum absolute atomic E-state index is 12.9. The number of ketones is 1. The summed E-state index contributed by atoms with van der Waals surface area (Å²) in [7, 11) is 5.58. The monoisotopic (exact) mass is 299 g/mol. The Hall–Kier alpha value is -0.910. The molecule has 2 rings (SSSR count). The maximum Gasteiger partial charge on any atom is 0.214 e. The van der Waals surface area contributed by atoms with E-state index in [1.807, 2.05) is 19.0 Å². The van der Waals surface area contributed by atoms with E-state index in [9.17, 15) is 4.79 Å². The predicted octanol–water partition coefficient (Wildman–Crippen LogP) is 2.24. The highest BCUT2D eigenvalue weighted by atomic mass is 35.5. The molecule has 0 aromatic carbocycles. The van der Waals surface area contributed by atoms with E-state index in [-0.39, 0.29) is 5.78 Å². The van der Waals surface area contributed by atoms with Crippen LogP contribution in [0.4, 0.5) is 0 Å². The summed E-state index contributed by atoms with van der Waals surface area (Å²) in [5.74, 6) is -0.0289. The second-order valence-electron chi connectivity index (χ2n) is 5.60. The molecule has 0 bridgehead atoms. The first-order valence-electron chi connectivity index (χ1n) is 6.96. The molecule has 1 heterocycles. The van der Waals surface area contributed by atoms with Crippen LogP contribution in [0.3, 0.4) is 0 Å². The summed E-state index contributed by atoms with van der Waals surface area (Å²) in [6.07, 6.45) is 5.10. The summed E-state index contributed by atoms with van der Waals surface area (Å²) >= 11 is 6.18. The van der Waals surface area contributed by atoms with E-state index in [1.165, 1.54) is 0 Å². The number of hydrogen-bond acceptors (Lipinski definition) is 4. The van der Waals surface area contributed by atoms with Gasteiger partial charge in [-0.3, -0.25) is 9.48 Å². The number of likely N-dealkylation sites (N-methyl/N-ethyl adjacent to an activating group) is 1. The van der Waals surface area contributed by atoms with E-state index < -0.39 is 5.60 Å². The lowest BCUT2D eigenvalue weighted by Crippen LogP contribution is -2.39. The molecule has 0 aliphatic heterocycles. The quantitative estimate of drug-likeness (QED) is 0.756. The molecule has 1 saturated carbocycles. The Labute approximate surface area is 124 Å². The Morgan fingerprint density at radius 2 is 2.15 bits per heavy atom. The summed E-state index contributed by atoms with van der Waals surface area (Å²) < 4.78 is 7.26. The first kappa shape index (κ1) is 15.5. The van der Waals surface area contributed by atoms with Crippen molar-refractivity contribution in [3.8, 4) is 0 Å². The molecule has 1 fully saturated rings. The van der Waals surface area contributed by atoms with Gasteiger partial charge in [-0.15, -0.1) is 0 Å². The third-order valence-corrected chi connectivity index (χ3v) is 4.26. The number of hydrogen-bond donors (Lipinski definition) is 0. The standard InChI is InChI=1S/C14H22ClN3O2/c1-17(2)8-9-18-12(11(15)10-16-18)13(19)14(20-3)6-4-5-7-14/h10H,4-9H2,1-3H3. The van der Waals surface area contributed by atoms with Gasteiger partial charge in [-0.05, 0) is 39.8 Å². The lowest BCUT2D eigenvalue weighted by molar-refractivity contribution is 0.00512. The van der Waals surface area contributed by atoms with E-state index in [0.29, 0.717) is 17.3 Å². The fourth-order valence-corrected chi connectivity index (χ4v) is 2.97. The minimum absolute atomic E-state index is 0.0289. The minimum Gasteiger partial charge on any atom is -0.370 e. The highest BCUT2D eigenvalue weighted by molar-refractivity contribution is 6.34. The minimum atomic E-state index is -0.709. The number of carbonyl (C=O) groups excluding carboxylic acids is 1. The number of methoxy groups -OCH3 is 1. The van der Waals surface area contributed by atoms with Crippen LogP contribution in [0.25, 0.3) is 0 Å². The molecule has 0 unspecified atom stereocenters. The molecule has 5 nitrogen and oxygen atoms in total. The number of aromatic nitrogens is 2. The number of carbonyl (C=O) groups is 1. The van der Waals surface area contributed by atoms with Crippen molar-refractivity contribution in [1.29, 1.82) is 0 Å². The first-order chi connectivity index (χ1) is 9.50. The molecular formula is C14H22ClN3O2. The van der Waals surface area contributed by atoms with Crippen molar-refractivity contribution >= 4 is 17.4 Å². The Bertz CT molecular complexity index is 479. The van der Waals surface area contributed by atoms with Gasteiger partial charge in [0.05, 0.1) is 17.8 Å². The third-order valence-electron chi connectivity index (χ3n) is 3.98. The Morgan fingerprint density at radius 3 is 2.70 bits per heavy atom. The molecule has 0 spiro atoms. The summed E-state index contributed by atoms with van der Waals surface area (Å²) in [4.78, 5) is 14.9. The van der Waals surface area contributed by atoms with Crippen molar-refractivity contribution in [2.24, 2.45) is 0 Å². The number of rotatable bonds is 6. The second kappa shape index (κ2) is 6.24. The van der Waals surface area contributed by atoms with Gasteiger partial charge in [-0.1, -0.05) is 11.6 Å². The van der Waals surface area contributed by atoms with Gasteiger partial charge in [0.1, 0.15) is 11.3 Å². The number of halogens is 1. The van der Waals surface area contributed by atoms with Crippen LogP contribution in [0.5, 0.6) is 0 Å². The van der Waals surface area contributed by atoms with E-state index in [2.05, 4.69) is 5.10 Å². The lowest BCUT2D eigenvalue weighted by Gasteiger charge is -2.26. The molecule has 112 valence electrons. The van der Waals surface area contributed by atoms with Gasteiger partial charge in [-0.2, -0.15) is 5.10 Å². The third kappa shape index (κ3) is 2.90. The fourth-order valence-electron chi connectivity index (χ4n) is 2.74. The van der Waals surface area contributed by atoms with Gasteiger partial charge < -0.3 is 9.64 Å². The topological polar surface area (TPSA) is 47.4 Å². The molecule has 1 aliphatic rings. The van der Waals surface area contributed by atoms with Crippen LogP contribution in [-0.4, -0.2) is 53.8 Å². The highest BCUT2D eigenvalue weighted by Crippen LogP contribution is 2.36. The van der Waals surface area contributed by atoms with Gasteiger partial charge in [0.25, 0.3) is 0 Å². The molecule has 0 N–H and O–H groups in total. The van der Waals surface area contributed by atoms with E-state index in [0.717, 1.165) is 32.2 Å². The van der Waals surface area contributed by atoms with Crippen LogP contribution in [0.15, 0.2) is 6.20 Å². The molecule has 0 atom stereocenters. The van der Waals surface area contributed by atoms with Crippen LogP contribution >= 0.6 is 11.6 Å². The van der Waals surface area contributed by atoms with E-state index >= 15 is 0 Å². The Kier molecular flexibility index (Phi) is 4.83. The zero-order valence-corrected chi connectivity index (χ0v) is 13.1. The Balaban J connectivity index is 2.27. The second-order valence-corrected chi connectivity index (χ2v) is 6.01. The van der Waals surface area contributed by atoms with Crippen LogP contribution in [0.1, 0.15) is 36.2 Å². The zero-order chi connectivity index (χ0) is 14.8. The SMILES string of the molecule is COC1(C(=O)c2c(Cl)cnn2CCN(C)C)CCCC1. The van der Waals surface area contributed by atoms with Crippen LogP contribution < -0.4 is 0 Å². The molecule has 0 saturated heterocycles. The van der Waals surface area contributed by atoms with Crippen molar-refractivity contribution < 1.29 is 9.53 Å². The van der Waals surface area contributed by atoms with Crippen LogP contribution in [0.2, 0.25) is 5.02 Å². The molecule has 1 aromatic rings. The summed E-state index contributed by atoms with van der Waals surface area (Å²) in [5, 5.41) is 4.64. The molecule has 1 aliphatic carbocycles. The molecule has 0 amide bonds. The number of Topliss-reactive ketones (excluding diaryl/α,β-unsaturated/α-hetero) is 1. The normalized spacial score (nSPS) is 17.9. The maximum atomic E-state index is 12.9. The summed E-state index contributed by atoms with van der Waals surface area (Å²) in [6, 6.07) is 0. The zero-order valence-electron chi connectivity index (χ0n) is 12.4. The first-order valence-corrected chi connectivity index (χ1v) is 7.34. The smallest absolute Gasteiger partial charge is 0.214 e. The van der Waals surface area contributed by atoms with Gasteiger partial charge in [0, 0.05) is 13.7 Å². The van der Waals surface area contributed by atoms with Crippen LogP contribution in [0, 0.1) is 0 Å². The molecule has 1 aromatic heterocycles. The van der Waals surface area contributed by atoms with Crippen molar-refractivity contribution in [2.45, 2.75) is 37.8 Å². The van der Waals surface area contributed by atoms with Gasteiger partial charge in [0.15, 0.2) is 0 Å². The average Bonchev–Trinajstić information content (AvgIpc) is 3.03. The predicted molar refractivity (Wildman–Crippen MR) is 78.3 cm³/mol. The molecular weight excluding hydrogens is 278 g/mol. The summed E-state index contributed by atoms with van der Waals surface area (Å²) in [5.41, 5.74) is -0.225. The van der Waals surface area contributed by atoms with Crippen molar-refractivity contribution in [3.63, 3.8) is 0 Å².